The SMILES string of the molecule is O=c1[nH]c2cnc3cccc4c3c2n1CCO4. The van der Waals surface area contributed by atoms with E-state index in [9.17, 15) is 4.79 Å². The van der Waals surface area contributed by atoms with E-state index in [-0.39, 0.29) is 5.69 Å². The number of aromatic nitrogens is 3. The fourth-order valence-corrected chi connectivity index (χ4v) is 2.43. The summed E-state index contributed by atoms with van der Waals surface area (Å²) < 4.78 is 7.38. The molecule has 1 aromatic carbocycles. The van der Waals surface area contributed by atoms with Gasteiger partial charge in [0.2, 0.25) is 0 Å². The highest BCUT2D eigenvalue weighted by Gasteiger charge is 2.17. The van der Waals surface area contributed by atoms with Gasteiger partial charge >= 0.3 is 5.69 Å². The lowest BCUT2D eigenvalue weighted by Crippen LogP contribution is -2.19. The number of rotatable bonds is 0. The highest BCUT2D eigenvalue weighted by Crippen LogP contribution is 2.31. The number of benzene rings is 1. The monoisotopic (exact) mass is 227 g/mol. The summed E-state index contributed by atoms with van der Waals surface area (Å²) in [4.78, 5) is 19.0. The maximum Gasteiger partial charge on any atom is 0.326 e. The Morgan fingerprint density at radius 1 is 1.41 bits per heavy atom. The van der Waals surface area contributed by atoms with Crippen molar-refractivity contribution >= 4 is 21.9 Å². The number of imidazole rings is 1. The van der Waals surface area contributed by atoms with Gasteiger partial charge in [0.25, 0.3) is 0 Å². The zero-order valence-corrected chi connectivity index (χ0v) is 8.93. The smallest absolute Gasteiger partial charge is 0.326 e. The Balaban J connectivity index is 2.39. The van der Waals surface area contributed by atoms with Crippen LogP contribution in [0.25, 0.3) is 21.9 Å². The van der Waals surface area contributed by atoms with Gasteiger partial charge in [-0.2, -0.15) is 0 Å². The standard InChI is InChI=1S/C12H9N3O2/c16-12-14-8-6-13-7-2-1-3-9-10(7)11(8)15(12)4-5-17-9/h1-3,6H,4-5H2,(H,14,16). The van der Waals surface area contributed by atoms with E-state index in [1.54, 1.807) is 10.8 Å². The minimum Gasteiger partial charge on any atom is -0.491 e. The third-order valence-corrected chi connectivity index (χ3v) is 3.16. The van der Waals surface area contributed by atoms with E-state index in [1.165, 1.54) is 0 Å². The molecule has 0 unspecified atom stereocenters. The first-order chi connectivity index (χ1) is 8.34. The lowest BCUT2D eigenvalue weighted by atomic mass is 10.2. The van der Waals surface area contributed by atoms with E-state index < -0.39 is 0 Å². The molecule has 4 rings (SSSR count). The van der Waals surface area contributed by atoms with Crippen LogP contribution in [0.3, 0.4) is 0 Å². The molecule has 5 nitrogen and oxygen atoms in total. The Morgan fingerprint density at radius 3 is 3.29 bits per heavy atom. The van der Waals surface area contributed by atoms with Crippen molar-refractivity contribution in [1.29, 1.82) is 0 Å². The predicted molar refractivity (Wildman–Crippen MR) is 63.4 cm³/mol. The summed E-state index contributed by atoms with van der Waals surface area (Å²) in [5, 5.41) is 0.917. The van der Waals surface area contributed by atoms with E-state index in [2.05, 4.69) is 9.97 Å². The van der Waals surface area contributed by atoms with Crippen molar-refractivity contribution in [3.05, 3.63) is 34.9 Å². The van der Waals surface area contributed by atoms with Gasteiger partial charge in [0.1, 0.15) is 12.4 Å². The van der Waals surface area contributed by atoms with Crippen molar-refractivity contribution < 1.29 is 4.74 Å². The number of H-pyrrole nitrogens is 1. The zero-order valence-electron chi connectivity index (χ0n) is 8.93. The Hall–Kier alpha value is -2.30. The molecule has 0 atom stereocenters. The van der Waals surface area contributed by atoms with Gasteiger partial charge in [-0.1, -0.05) is 6.07 Å². The van der Waals surface area contributed by atoms with Crippen molar-refractivity contribution in [2.24, 2.45) is 0 Å². The average Bonchev–Trinajstić information content (AvgIpc) is 2.55. The van der Waals surface area contributed by atoms with Gasteiger partial charge in [0.15, 0.2) is 0 Å². The van der Waals surface area contributed by atoms with Gasteiger partial charge in [-0.3, -0.25) is 9.55 Å². The molecule has 0 saturated heterocycles. The molecule has 5 heteroatoms. The topological polar surface area (TPSA) is 59.9 Å². The number of aromatic amines is 1. The molecule has 17 heavy (non-hydrogen) atoms. The summed E-state index contributed by atoms with van der Waals surface area (Å²) in [6.07, 6.45) is 1.70. The van der Waals surface area contributed by atoms with Crippen LogP contribution in [0.1, 0.15) is 0 Å². The van der Waals surface area contributed by atoms with E-state index in [0.717, 1.165) is 27.7 Å². The zero-order chi connectivity index (χ0) is 11.4. The lowest BCUT2D eigenvalue weighted by Gasteiger charge is -2.04. The van der Waals surface area contributed by atoms with Crippen LogP contribution in [0.15, 0.2) is 29.2 Å². The van der Waals surface area contributed by atoms with Crippen molar-refractivity contribution in [1.82, 2.24) is 14.5 Å². The van der Waals surface area contributed by atoms with E-state index >= 15 is 0 Å². The van der Waals surface area contributed by atoms with Crippen LogP contribution in [0.2, 0.25) is 0 Å². The molecule has 3 heterocycles. The normalized spacial score (nSPS) is 14.1. The molecule has 84 valence electrons. The summed E-state index contributed by atoms with van der Waals surface area (Å²) in [5.41, 5.74) is 2.41. The highest BCUT2D eigenvalue weighted by molar-refractivity contribution is 6.05. The molecule has 1 aliphatic rings. The van der Waals surface area contributed by atoms with Gasteiger partial charge in [-0.25, -0.2) is 4.79 Å². The molecular weight excluding hydrogens is 218 g/mol. The van der Waals surface area contributed by atoms with E-state index in [1.807, 2.05) is 18.2 Å². The molecule has 3 aromatic rings. The van der Waals surface area contributed by atoms with Crippen LogP contribution < -0.4 is 10.4 Å². The maximum absolute atomic E-state index is 11.8. The molecule has 0 fully saturated rings. The Morgan fingerprint density at radius 2 is 2.35 bits per heavy atom. The molecule has 2 aromatic heterocycles. The summed E-state index contributed by atoms with van der Waals surface area (Å²) in [6, 6.07) is 5.75. The molecule has 1 aliphatic heterocycles. The molecular formula is C12H9N3O2. The molecule has 0 radical (unpaired) electrons. The predicted octanol–water partition coefficient (Wildman–Crippen LogP) is 1.27. The van der Waals surface area contributed by atoms with Crippen molar-refractivity contribution in [2.75, 3.05) is 6.61 Å². The van der Waals surface area contributed by atoms with E-state index in [4.69, 9.17) is 4.74 Å². The molecule has 0 spiro atoms. The first-order valence-corrected chi connectivity index (χ1v) is 5.47. The molecule has 1 N–H and O–H groups in total. The Kier molecular flexibility index (Phi) is 1.49. The summed E-state index contributed by atoms with van der Waals surface area (Å²) in [5.74, 6) is 0.797. The van der Waals surface area contributed by atoms with Crippen molar-refractivity contribution in [3.63, 3.8) is 0 Å². The number of hydrogen-bond acceptors (Lipinski definition) is 3. The second-order valence-corrected chi connectivity index (χ2v) is 4.10. The van der Waals surface area contributed by atoms with Crippen LogP contribution in [-0.4, -0.2) is 21.1 Å². The number of ether oxygens (including phenoxy) is 1. The lowest BCUT2D eigenvalue weighted by molar-refractivity contribution is 0.306. The van der Waals surface area contributed by atoms with Crippen LogP contribution in [-0.2, 0) is 6.54 Å². The first kappa shape index (κ1) is 8.81. The average molecular weight is 227 g/mol. The molecule has 0 saturated carbocycles. The second kappa shape index (κ2) is 2.88. The van der Waals surface area contributed by atoms with Gasteiger partial charge in [0, 0.05) is 0 Å². The largest absolute Gasteiger partial charge is 0.491 e. The maximum atomic E-state index is 11.8. The number of nitrogens with one attached hydrogen (secondary N) is 1. The fourth-order valence-electron chi connectivity index (χ4n) is 2.43. The Labute approximate surface area is 95.7 Å². The number of pyridine rings is 1. The summed E-state index contributed by atoms with van der Waals surface area (Å²) >= 11 is 0. The van der Waals surface area contributed by atoms with E-state index in [0.29, 0.717) is 13.2 Å². The first-order valence-electron chi connectivity index (χ1n) is 5.47. The van der Waals surface area contributed by atoms with Crippen molar-refractivity contribution in [2.45, 2.75) is 6.54 Å². The van der Waals surface area contributed by atoms with Gasteiger partial charge in [-0.15, -0.1) is 0 Å². The molecule has 0 aliphatic carbocycles. The fraction of sp³-hybridized carbons (Fsp3) is 0.167. The summed E-state index contributed by atoms with van der Waals surface area (Å²) in [7, 11) is 0. The van der Waals surface area contributed by atoms with Gasteiger partial charge in [-0.05, 0) is 12.1 Å². The quantitative estimate of drug-likeness (QED) is 0.629. The van der Waals surface area contributed by atoms with Crippen LogP contribution >= 0.6 is 0 Å². The van der Waals surface area contributed by atoms with Crippen molar-refractivity contribution in [3.8, 4) is 5.75 Å². The van der Waals surface area contributed by atoms with Gasteiger partial charge < -0.3 is 9.72 Å². The highest BCUT2D eigenvalue weighted by atomic mass is 16.5. The minimum absolute atomic E-state index is 0.102. The molecule has 0 amide bonds. The second-order valence-electron chi connectivity index (χ2n) is 4.10. The molecule has 0 bridgehead atoms. The van der Waals surface area contributed by atoms with Crippen LogP contribution in [0.5, 0.6) is 5.75 Å². The summed E-state index contributed by atoms with van der Waals surface area (Å²) in [6.45, 7) is 1.06. The van der Waals surface area contributed by atoms with Crippen LogP contribution in [0, 0.1) is 0 Å². The van der Waals surface area contributed by atoms with Crippen LogP contribution in [0.4, 0.5) is 0 Å². The number of hydrogen-bond donors (Lipinski definition) is 1. The third kappa shape index (κ3) is 1.03. The van der Waals surface area contributed by atoms with Gasteiger partial charge in [0.05, 0.1) is 34.7 Å². The third-order valence-electron chi connectivity index (χ3n) is 3.16. The Bertz CT molecular complexity index is 800. The minimum atomic E-state index is -0.102. The number of nitrogens with zero attached hydrogens (tertiary/aromatic N) is 2.